The Morgan fingerprint density at radius 3 is 1.17 bits per heavy atom. The Labute approximate surface area is 339 Å². The Morgan fingerprint density at radius 2 is 0.847 bits per heavy atom. The summed E-state index contributed by atoms with van der Waals surface area (Å²) in [5.74, 6) is -7.83. The zero-order chi connectivity index (χ0) is 42.9. The van der Waals surface area contributed by atoms with Gasteiger partial charge in [-0.1, -0.05) is 33.9 Å². The second kappa shape index (κ2) is 22.1. The summed E-state index contributed by atoms with van der Waals surface area (Å²) in [6.45, 7) is 12.2. The maximum atomic E-state index is 15.0. The number of hydrogen-bond donors (Lipinski definition) is 0. The van der Waals surface area contributed by atoms with Gasteiger partial charge in [0.25, 0.3) is 0 Å². The molecule has 0 saturated carbocycles. The number of carbonyl (C=O) groups is 5. The summed E-state index contributed by atoms with van der Waals surface area (Å²) < 4.78 is 73.0. The molecular formula is C44H42F2O13. The van der Waals surface area contributed by atoms with Crippen LogP contribution in [0.2, 0.25) is 0 Å². The molecule has 0 aliphatic heterocycles. The van der Waals surface area contributed by atoms with Crippen LogP contribution in [-0.4, -0.2) is 48.7 Å². The summed E-state index contributed by atoms with van der Waals surface area (Å²) >= 11 is 0. The molecule has 0 radical (unpaired) electrons. The monoisotopic (exact) mass is 816 g/mol. The molecular weight excluding hydrogens is 774 g/mol. The van der Waals surface area contributed by atoms with Crippen LogP contribution in [0.5, 0.6) is 28.7 Å². The Bertz CT molecular complexity index is 2100. The second-order valence-corrected chi connectivity index (χ2v) is 12.4. The Balaban J connectivity index is 1.30. The molecule has 310 valence electrons. The van der Waals surface area contributed by atoms with Gasteiger partial charge in [-0.3, -0.25) is 0 Å². The summed E-state index contributed by atoms with van der Waals surface area (Å²) in [4.78, 5) is 61.5. The normalized spacial score (nSPS) is 12.1. The summed E-state index contributed by atoms with van der Waals surface area (Å²) in [7, 11) is 0. The fraction of sp³-hybridized carbons (Fsp3) is 0.250. The highest BCUT2D eigenvalue weighted by Gasteiger charge is 2.23. The van der Waals surface area contributed by atoms with Gasteiger partial charge in [-0.05, 0) is 97.8 Å². The van der Waals surface area contributed by atoms with Gasteiger partial charge in [-0.2, -0.15) is 8.78 Å². The highest BCUT2D eigenvalue weighted by molar-refractivity contribution is 5.92. The van der Waals surface area contributed by atoms with Gasteiger partial charge in [-0.25, -0.2) is 24.0 Å². The van der Waals surface area contributed by atoms with Crippen molar-refractivity contribution in [3.05, 3.63) is 139 Å². The number of hydrogen-bond acceptors (Lipinski definition) is 13. The van der Waals surface area contributed by atoms with Crippen molar-refractivity contribution in [2.75, 3.05) is 0 Å². The van der Waals surface area contributed by atoms with Crippen molar-refractivity contribution in [1.82, 2.24) is 0 Å². The van der Waals surface area contributed by atoms with E-state index in [4.69, 9.17) is 37.9 Å². The van der Waals surface area contributed by atoms with E-state index in [9.17, 15) is 32.8 Å². The molecule has 0 spiro atoms. The van der Waals surface area contributed by atoms with Crippen molar-refractivity contribution in [3.63, 3.8) is 0 Å². The number of carbonyl (C=O) groups excluding carboxylic acids is 5. The lowest BCUT2D eigenvalue weighted by atomic mass is 10.2. The summed E-state index contributed by atoms with van der Waals surface area (Å²) in [6.07, 6.45) is 1.78. The first-order valence-corrected chi connectivity index (χ1v) is 18.5. The lowest BCUT2D eigenvalue weighted by molar-refractivity contribution is -0.159. The van der Waals surface area contributed by atoms with Gasteiger partial charge in [-0.15, -0.1) is 0 Å². The van der Waals surface area contributed by atoms with Crippen molar-refractivity contribution >= 4 is 29.8 Å². The Kier molecular flexibility index (Phi) is 16.7. The van der Waals surface area contributed by atoms with Crippen LogP contribution in [0.4, 0.5) is 8.78 Å². The quantitative estimate of drug-likeness (QED) is 0.0258. The number of esters is 5. The molecule has 0 fully saturated rings. The third kappa shape index (κ3) is 13.3. The summed E-state index contributed by atoms with van der Waals surface area (Å²) in [5, 5.41) is 0. The van der Waals surface area contributed by atoms with E-state index in [1.54, 1.807) is 6.92 Å². The SMILES string of the molecule is C=CC(=O)OC(CCC)Oc1ccc(C(=O)Oc2ccc(OC(=O)c3ccc(OC(CC)OC(=O)c4ccc(OC(CCC)OC(=O)C=C)cc4)cc3)c(F)c2F)cc1. The fourth-order valence-corrected chi connectivity index (χ4v) is 4.94. The highest BCUT2D eigenvalue weighted by Crippen LogP contribution is 2.30. The van der Waals surface area contributed by atoms with E-state index in [0.29, 0.717) is 31.4 Å². The topological polar surface area (TPSA) is 159 Å². The van der Waals surface area contributed by atoms with Crippen molar-refractivity contribution in [3.8, 4) is 28.7 Å². The van der Waals surface area contributed by atoms with E-state index in [-0.39, 0.29) is 34.6 Å². The largest absolute Gasteiger partial charge is 0.455 e. The Hall–Kier alpha value is -7.03. The third-order valence-corrected chi connectivity index (χ3v) is 7.94. The van der Waals surface area contributed by atoms with Crippen LogP contribution in [0.1, 0.15) is 83.9 Å². The van der Waals surface area contributed by atoms with Crippen LogP contribution >= 0.6 is 0 Å². The Morgan fingerprint density at radius 1 is 0.508 bits per heavy atom. The minimum absolute atomic E-state index is 0.0251. The number of benzene rings is 4. The minimum atomic E-state index is -1.58. The van der Waals surface area contributed by atoms with Crippen LogP contribution in [0, 0.1) is 11.6 Å². The molecule has 0 amide bonds. The molecule has 0 aliphatic carbocycles. The van der Waals surface area contributed by atoms with E-state index in [1.165, 1.54) is 72.8 Å². The van der Waals surface area contributed by atoms with Gasteiger partial charge in [0.05, 0.1) is 16.7 Å². The molecule has 15 heteroatoms. The molecule has 0 heterocycles. The third-order valence-electron chi connectivity index (χ3n) is 7.94. The molecule has 0 aromatic heterocycles. The van der Waals surface area contributed by atoms with Crippen LogP contribution in [0.15, 0.2) is 110 Å². The average Bonchev–Trinajstić information content (AvgIpc) is 3.23. The molecule has 59 heavy (non-hydrogen) atoms. The average molecular weight is 817 g/mol. The maximum Gasteiger partial charge on any atom is 0.343 e. The standard InChI is InChI=1S/C44H42F2O13/c1-6-11-38(57-35(47)8-3)53-31-21-15-28(16-22-31)43(50)56-34-26-25-33(40(45)41(34)46)55-42(49)27-13-19-30(20-14-27)52-37(10-5)59-44(51)29-17-23-32(24-18-29)54-39(12-7-2)58-36(48)9-4/h8-9,13-26,37-39H,3-4,6-7,10-12H2,1-2,5H3. The molecule has 0 bridgehead atoms. The first kappa shape index (κ1) is 44.7. The van der Waals surface area contributed by atoms with Gasteiger partial charge >= 0.3 is 29.8 Å². The molecule has 0 N–H and O–H groups in total. The van der Waals surface area contributed by atoms with Crippen molar-refractivity contribution < 1.29 is 70.6 Å². The number of rotatable bonds is 21. The van der Waals surface area contributed by atoms with Gasteiger partial charge in [0.15, 0.2) is 11.5 Å². The van der Waals surface area contributed by atoms with E-state index < -0.39 is 71.9 Å². The molecule has 3 atom stereocenters. The van der Waals surface area contributed by atoms with Crippen molar-refractivity contribution in [1.29, 1.82) is 0 Å². The van der Waals surface area contributed by atoms with Crippen LogP contribution in [-0.2, 0) is 23.8 Å². The number of ether oxygens (including phenoxy) is 8. The second-order valence-electron chi connectivity index (χ2n) is 12.4. The van der Waals surface area contributed by atoms with E-state index in [0.717, 1.165) is 24.3 Å². The summed E-state index contributed by atoms with van der Waals surface area (Å²) in [6, 6.07) is 18.7. The van der Waals surface area contributed by atoms with E-state index in [2.05, 4.69) is 13.2 Å². The van der Waals surface area contributed by atoms with Gasteiger partial charge < -0.3 is 37.9 Å². The predicted octanol–water partition coefficient (Wildman–Crippen LogP) is 8.84. The molecule has 0 saturated heterocycles. The molecule has 4 aromatic carbocycles. The molecule has 4 aromatic rings. The zero-order valence-electron chi connectivity index (χ0n) is 32.5. The molecule has 3 unspecified atom stereocenters. The van der Waals surface area contributed by atoms with E-state index in [1.807, 2.05) is 13.8 Å². The molecule has 4 rings (SSSR count). The van der Waals surface area contributed by atoms with E-state index >= 15 is 0 Å². The fourth-order valence-electron chi connectivity index (χ4n) is 4.94. The van der Waals surface area contributed by atoms with Crippen LogP contribution in [0.25, 0.3) is 0 Å². The molecule has 13 nitrogen and oxygen atoms in total. The maximum absolute atomic E-state index is 15.0. The van der Waals surface area contributed by atoms with Gasteiger partial charge in [0, 0.05) is 31.4 Å². The lowest BCUT2D eigenvalue weighted by Crippen LogP contribution is -2.24. The summed E-state index contributed by atoms with van der Waals surface area (Å²) in [5.41, 5.74) is 0.127. The lowest BCUT2D eigenvalue weighted by Gasteiger charge is -2.19. The van der Waals surface area contributed by atoms with Gasteiger partial charge in [0.2, 0.25) is 30.5 Å². The highest BCUT2D eigenvalue weighted by atomic mass is 19.2. The van der Waals surface area contributed by atoms with Crippen LogP contribution < -0.4 is 23.7 Å². The number of halogens is 2. The zero-order valence-corrected chi connectivity index (χ0v) is 32.5. The first-order valence-electron chi connectivity index (χ1n) is 18.5. The van der Waals surface area contributed by atoms with Crippen LogP contribution in [0.3, 0.4) is 0 Å². The van der Waals surface area contributed by atoms with Crippen molar-refractivity contribution in [2.24, 2.45) is 0 Å². The predicted molar refractivity (Wildman–Crippen MR) is 207 cm³/mol. The minimum Gasteiger partial charge on any atom is -0.455 e. The van der Waals surface area contributed by atoms with Crippen molar-refractivity contribution in [2.45, 2.75) is 71.7 Å². The van der Waals surface area contributed by atoms with Gasteiger partial charge in [0.1, 0.15) is 17.2 Å². The molecule has 0 aliphatic rings. The first-order chi connectivity index (χ1) is 28.4. The smallest absolute Gasteiger partial charge is 0.343 e.